The molecule has 7 nitrogen and oxygen atoms in total. The summed E-state index contributed by atoms with van der Waals surface area (Å²) in [7, 11) is 3.70. The molecule has 35 heavy (non-hydrogen) atoms. The molecule has 2 aromatic heterocycles. The summed E-state index contributed by atoms with van der Waals surface area (Å²) in [6.45, 7) is 2.97. The predicted octanol–water partition coefficient (Wildman–Crippen LogP) is 4.89. The lowest BCUT2D eigenvalue weighted by Crippen LogP contribution is -2.42. The van der Waals surface area contributed by atoms with E-state index in [9.17, 15) is 9.90 Å². The Balaban J connectivity index is 1.28. The van der Waals surface area contributed by atoms with Gasteiger partial charge in [-0.3, -0.25) is 9.78 Å². The van der Waals surface area contributed by atoms with Crippen molar-refractivity contribution >= 4 is 28.6 Å². The van der Waals surface area contributed by atoms with Gasteiger partial charge >= 0.3 is 5.97 Å². The first-order valence-electron chi connectivity index (χ1n) is 12.5. The Morgan fingerprint density at radius 2 is 2.09 bits per heavy atom. The number of imidazole rings is 1. The molecule has 1 fully saturated rings. The molecule has 8 heteroatoms. The lowest BCUT2D eigenvalue weighted by Gasteiger charge is -2.38. The summed E-state index contributed by atoms with van der Waals surface area (Å²) in [5, 5.41) is 11.7. The van der Waals surface area contributed by atoms with Gasteiger partial charge < -0.3 is 19.3 Å². The summed E-state index contributed by atoms with van der Waals surface area (Å²) in [6.07, 6.45) is 11.2. The first-order valence-corrected chi connectivity index (χ1v) is 13.5. The molecule has 0 aliphatic carbocycles. The number of carboxylic acids is 1. The molecule has 0 radical (unpaired) electrons. The van der Waals surface area contributed by atoms with Crippen molar-refractivity contribution in [3.63, 3.8) is 0 Å². The molecule has 0 saturated carbocycles. The molecule has 0 spiro atoms. The molecule has 2 atom stereocenters. The number of fused-ring (bicyclic) bond motifs is 1. The van der Waals surface area contributed by atoms with Crippen LogP contribution in [-0.4, -0.2) is 63.0 Å². The van der Waals surface area contributed by atoms with Crippen LogP contribution in [0, 0.1) is 11.8 Å². The maximum absolute atomic E-state index is 11.6. The fourth-order valence-electron chi connectivity index (χ4n) is 5.22. The predicted molar refractivity (Wildman–Crippen MR) is 140 cm³/mol. The van der Waals surface area contributed by atoms with Crippen LogP contribution in [0.5, 0.6) is 5.75 Å². The Morgan fingerprint density at radius 3 is 2.86 bits per heavy atom. The maximum Gasteiger partial charge on any atom is 0.303 e. The van der Waals surface area contributed by atoms with Gasteiger partial charge in [-0.25, -0.2) is 4.98 Å². The second-order valence-electron chi connectivity index (χ2n) is 9.48. The summed E-state index contributed by atoms with van der Waals surface area (Å²) in [4.78, 5) is 22.9. The third-order valence-corrected chi connectivity index (χ3v) is 8.24. The number of carboxylic acid groups (broad SMARTS) is 1. The molecule has 3 heterocycles. The first-order chi connectivity index (χ1) is 17.0. The largest absolute Gasteiger partial charge is 0.497 e. The number of aryl methyl sites for hydroxylation is 2. The number of pyridine rings is 1. The molecule has 1 saturated heterocycles. The van der Waals surface area contributed by atoms with Crippen LogP contribution in [-0.2, 0) is 18.3 Å². The minimum atomic E-state index is -0.681. The first kappa shape index (κ1) is 25.5. The topological polar surface area (TPSA) is 80.5 Å². The van der Waals surface area contributed by atoms with Crippen LogP contribution in [0.3, 0.4) is 0 Å². The molecule has 1 aliphatic heterocycles. The quantitative estimate of drug-likeness (QED) is 0.282. The number of methoxy groups -OCH3 is 1. The fourth-order valence-corrected chi connectivity index (χ4v) is 6.08. The van der Waals surface area contributed by atoms with Crippen molar-refractivity contribution in [3.8, 4) is 5.75 Å². The van der Waals surface area contributed by atoms with E-state index in [1.54, 1.807) is 18.9 Å². The molecular weight excluding hydrogens is 460 g/mol. The Bertz CT molecular complexity index is 1120. The zero-order valence-corrected chi connectivity index (χ0v) is 21.5. The highest BCUT2D eigenvalue weighted by atomic mass is 32.2. The lowest BCUT2D eigenvalue weighted by atomic mass is 9.80. The lowest BCUT2D eigenvalue weighted by molar-refractivity contribution is -0.139. The van der Waals surface area contributed by atoms with Gasteiger partial charge in [0.2, 0.25) is 0 Å². The summed E-state index contributed by atoms with van der Waals surface area (Å²) in [6, 6.07) is 8.11. The average molecular weight is 497 g/mol. The number of aliphatic carboxylic acids is 1. The Hall–Kier alpha value is -2.58. The van der Waals surface area contributed by atoms with Gasteiger partial charge in [0, 0.05) is 49.7 Å². The van der Waals surface area contributed by atoms with Crippen LogP contribution in [0.4, 0.5) is 0 Å². The van der Waals surface area contributed by atoms with Gasteiger partial charge in [0.15, 0.2) is 5.16 Å². The van der Waals surface area contributed by atoms with E-state index >= 15 is 0 Å². The molecule has 0 amide bonds. The van der Waals surface area contributed by atoms with Gasteiger partial charge in [-0.15, -0.1) is 0 Å². The number of piperidine rings is 1. The van der Waals surface area contributed by atoms with Gasteiger partial charge in [0.05, 0.1) is 12.6 Å². The van der Waals surface area contributed by atoms with Crippen LogP contribution in [0.2, 0.25) is 0 Å². The Labute approximate surface area is 211 Å². The van der Waals surface area contributed by atoms with E-state index in [0.29, 0.717) is 5.92 Å². The molecule has 1 aromatic carbocycles. The average Bonchev–Trinajstić information content (AvgIpc) is 3.27. The minimum absolute atomic E-state index is 0.220. The van der Waals surface area contributed by atoms with Gasteiger partial charge in [0.25, 0.3) is 0 Å². The summed E-state index contributed by atoms with van der Waals surface area (Å²) in [5.41, 5.74) is 2.27. The van der Waals surface area contributed by atoms with E-state index in [-0.39, 0.29) is 12.3 Å². The van der Waals surface area contributed by atoms with Crippen LogP contribution < -0.4 is 4.74 Å². The van der Waals surface area contributed by atoms with E-state index in [2.05, 4.69) is 27.0 Å². The van der Waals surface area contributed by atoms with E-state index in [4.69, 9.17) is 4.74 Å². The number of likely N-dealkylation sites (tertiary alicyclic amines) is 1. The Morgan fingerprint density at radius 1 is 1.20 bits per heavy atom. The van der Waals surface area contributed by atoms with Crippen molar-refractivity contribution < 1.29 is 14.6 Å². The molecule has 2 unspecified atom stereocenters. The van der Waals surface area contributed by atoms with Crippen molar-refractivity contribution in [3.05, 3.63) is 48.4 Å². The SMILES string of the molecule is COc1ccc2nccc(CCCC3CCN(CCCSc4nccn4C)CC3CC(=O)O)c2c1. The molecule has 1 aliphatic rings. The van der Waals surface area contributed by atoms with Crippen LogP contribution in [0.1, 0.15) is 37.7 Å². The second kappa shape index (κ2) is 12.4. The van der Waals surface area contributed by atoms with E-state index in [1.807, 2.05) is 42.3 Å². The van der Waals surface area contributed by atoms with Crippen molar-refractivity contribution in [2.45, 2.75) is 43.7 Å². The number of thioether (sulfide) groups is 1. The van der Waals surface area contributed by atoms with E-state index in [1.165, 1.54) is 5.56 Å². The standard InChI is InChI=1S/C27H36N4O3S/c1-30-15-12-29-27(30)35-16-4-13-31-14-10-20(22(19-31)17-26(32)33)5-3-6-21-9-11-28-25-8-7-23(34-2)18-24(21)25/h7-9,11-12,15,18,20,22H,3-6,10,13-14,16-17,19H2,1-2H3,(H,32,33). The molecule has 3 aromatic rings. The van der Waals surface area contributed by atoms with Crippen LogP contribution in [0.25, 0.3) is 10.9 Å². The highest BCUT2D eigenvalue weighted by Crippen LogP contribution is 2.32. The highest BCUT2D eigenvalue weighted by Gasteiger charge is 2.30. The van der Waals surface area contributed by atoms with Crippen LogP contribution in [0.15, 0.2) is 48.0 Å². The number of hydrogen-bond acceptors (Lipinski definition) is 6. The van der Waals surface area contributed by atoms with Gasteiger partial charge in [-0.1, -0.05) is 11.8 Å². The fraction of sp³-hybridized carbons (Fsp3) is 0.519. The Kier molecular flexibility index (Phi) is 9.04. The smallest absolute Gasteiger partial charge is 0.303 e. The molecule has 188 valence electrons. The normalized spacial score (nSPS) is 18.7. The summed E-state index contributed by atoms with van der Waals surface area (Å²) >= 11 is 1.78. The monoisotopic (exact) mass is 496 g/mol. The number of carbonyl (C=O) groups is 1. The van der Waals surface area contributed by atoms with Gasteiger partial charge in [-0.05, 0) is 86.9 Å². The number of aromatic nitrogens is 3. The number of benzene rings is 1. The van der Waals surface area contributed by atoms with Crippen molar-refractivity contribution in [1.82, 2.24) is 19.4 Å². The van der Waals surface area contributed by atoms with Gasteiger partial charge in [-0.2, -0.15) is 0 Å². The molecule has 4 rings (SSSR count). The second-order valence-corrected chi connectivity index (χ2v) is 10.5. The van der Waals surface area contributed by atoms with Gasteiger partial charge in [0.1, 0.15) is 5.75 Å². The number of rotatable bonds is 12. The highest BCUT2D eigenvalue weighted by molar-refractivity contribution is 7.99. The third-order valence-electron chi connectivity index (χ3n) is 7.10. The zero-order chi connectivity index (χ0) is 24.6. The van der Waals surface area contributed by atoms with Crippen molar-refractivity contribution in [2.75, 3.05) is 32.5 Å². The number of ether oxygens (including phenoxy) is 1. The summed E-state index contributed by atoms with van der Waals surface area (Å²) in [5.74, 6) is 1.88. The van der Waals surface area contributed by atoms with E-state index < -0.39 is 5.97 Å². The van der Waals surface area contributed by atoms with Crippen LogP contribution >= 0.6 is 11.8 Å². The molecular formula is C27H36N4O3S. The number of nitrogens with zero attached hydrogens (tertiary/aromatic N) is 4. The van der Waals surface area contributed by atoms with Crippen molar-refractivity contribution in [1.29, 1.82) is 0 Å². The van der Waals surface area contributed by atoms with E-state index in [0.717, 1.165) is 79.3 Å². The molecule has 0 bridgehead atoms. The maximum atomic E-state index is 11.6. The number of hydrogen-bond donors (Lipinski definition) is 1. The summed E-state index contributed by atoms with van der Waals surface area (Å²) < 4.78 is 7.45. The molecule has 1 N–H and O–H groups in total. The third kappa shape index (κ3) is 6.98. The van der Waals surface area contributed by atoms with Crippen molar-refractivity contribution in [2.24, 2.45) is 18.9 Å². The zero-order valence-electron chi connectivity index (χ0n) is 20.7. The minimum Gasteiger partial charge on any atom is -0.497 e.